The SMILES string of the molecule is COc1ccc(OC)c(C=NNC(=O)CNC(=O)c2c(F)cccc2Cl)c1. The van der Waals surface area contributed by atoms with Crippen LogP contribution in [0.25, 0.3) is 0 Å². The van der Waals surface area contributed by atoms with Gasteiger partial charge in [-0.25, -0.2) is 9.82 Å². The van der Waals surface area contributed by atoms with Gasteiger partial charge < -0.3 is 14.8 Å². The fourth-order valence-electron chi connectivity index (χ4n) is 2.12. The Labute approximate surface area is 160 Å². The van der Waals surface area contributed by atoms with Crippen LogP contribution in [-0.2, 0) is 4.79 Å². The molecule has 0 aliphatic heterocycles. The van der Waals surface area contributed by atoms with Crippen molar-refractivity contribution < 1.29 is 23.5 Å². The van der Waals surface area contributed by atoms with E-state index in [1.165, 1.54) is 32.6 Å². The topological polar surface area (TPSA) is 89.0 Å². The third-order valence-electron chi connectivity index (χ3n) is 3.43. The van der Waals surface area contributed by atoms with Crippen molar-refractivity contribution in [3.05, 3.63) is 58.4 Å². The zero-order valence-electron chi connectivity index (χ0n) is 14.6. The molecule has 2 N–H and O–H groups in total. The first-order chi connectivity index (χ1) is 13.0. The minimum absolute atomic E-state index is 0.0453. The first kappa shape index (κ1) is 20.2. The van der Waals surface area contributed by atoms with Crippen molar-refractivity contribution >= 4 is 29.6 Å². The Hall–Kier alpha value is -3.13. The number of amides is 2. The lowest BCUT2D eigenvalue weighted by atomic mass is 10.2. The molecule has 0 heterocycles. The average molecular weight is 394 g/mol. The van der Waals surface area contributed by atoms with Gasteiger partial charge in [0.25, 0.3) is 11.8 Å². The lowest BCUT2D eigenvalue weighted by Crippen LogP contribution is -2.35. The standard InChI is InChI=1S/C18H17ClFN3O4/c1-26-12-6-7-15(27-2)11(8-12)9-22-23-16(24)10-21-18(25)17-13(19)4-3-5-14(17)20/h3-9H,10H2,1-2H3,(H,21,25)(H,23,24). The number of rotatable bonds is 7. The van der Waals surface area contributed by atoms with E-state index in [1.807, 2.05) is 0 Å². The Morgan fingerprint density at radius 2 is 2.00 bits per heavy atom. The van der Waals surface area contributed by atoms with E-state index < -0.39 is 24.2 Å². The van der Waals surface area contributed by atoms with E-state index >= 15 is 0 Å². The summed E-state index contributed by atoms with van der Waals surface area (Å²) in [6.45, 7) is -0.407. The summed E-state index contributed by atoms with van der Waals surface area (Å²) in [6.07, 6.45) is 1.37. The van der Waals surface area contributed by atoms with E-state index in [4.69, 9.17) is 21.1 Å². The van der Waals surface area contributed by atoms with Crippen LogP contribution in [0.4, 0.5) is 4.39 Å². The fourth-order valence-corrected chi connectivity index (χ4v) is 2.37. The molecule has 0 aromatic heterocycles. The lowest BCUT2D eigenvalue weighted by Gasteiger charge is -2.08. The Balaban J connectivity index is 1.93. The molecule has 0 aliphatic rings. The molecule has 27 heavy (non-hydrogen) atoms. The molecule has 2 amide bonds. The number of nitrogens with zero attached hydrogens (tertiary/aromatic N) is 1. The number of hydrazone groups is 1. The Morgan fingerprint density at radius 3 is 2.67 bits per heavy atom. The van der Waals surface area contributed by atoms with Crippen LogP contribution >= 0.6 is 11.6 Å². The highest BCUT2D eigenvalue weighted by molar-refractivity contribution is 6.33. The molecular weight excluding hydrogens is 377 g/mol. The molecule has 0 saturated carbocycles. The number of benzene rings is 2. The normalized spacial score (nSPS) is 10.5. The van der Waals surface area contributed by atoms with Crippen molar-refractivity contribution in [2.45, 2.75) is 0 Å². The average Bonchev–Trinajstić information content (AvgIpc) is 2.66. The first-order valence-electron chi connectivity index (χ1n) is 7.72. The number of ether oxygens (including phenoxy) is 2. The largest absolute Gasteiger partial charge is 0.497 e. The lowest BCUT2D eigenvalue weighted by molar-refractivity contribution is -0.120. The summed E-state index contributed by atoms with van der Waals surface area (Å²) >= 11 is 5.80. The van der Waals surface area contributed by atoms with Crippen LogP contribution in [0, 0.1) is 5.82 Å². The minimum atomic E-state index is -0.799. The first-order valence-corrected chi connectivity index (χ1v) is 8.10. The predicted octanol–water partition coefficient (Wildman–Crippen LogP) is 2.38. The monoisotopic (exact) mass is 393 g/mol. The van der Waals surface area contributed by atoms with Crippen LogP contribution in [0.5, 0.6) is 11.5 Å². The van der Waals surface area contributed by atoms with E-state index in [0.717, 1.165) is 6.07 Å². The van der Waals surface area contributed by atoms with Gasteiger partial charge in [0.1, 0.15) is 17.3 Å². The number of nitrogens with one attached hydrogen (secondary N) is 2. The van der Waals surface area contributed by atoms with E-state index in [9.17, 15) is 14.0 Å². The highest BCUT2D eigenvalue weighted by Gasteiger charge is 2.16. The molecule has 2 aromatic rings. The van der Waals surface area contributed by atoms with E-state index in [2.05, 4.69) is 15.8 Å². The van der Waals surface area contributed by atoms with Gasteiger partial charge in [0.2, 0.25) is 0 Å². The maximum Gasteiger partial charge on any atom is 0.259 e. The second-order valence-electron chi connectivity index (χ2n) is 5.18. The molecule has 0 fully saturated rings. The van der Waals surface area contributed by atoms with Gasteiger partial charge in [-0.05, 0) is 30.3 Å². The molecule has 0 spiro atoms. The van der Waals surface area contributed by atoms with Gasteiger partial charge in [-0.2, -0.15) is 5.10 Å². The Bertz CT molecular complexity index is 853. The summed E-state index contributed by atoms with van der Waals surface area (Å²) in [4.78, 5) is 23.7. The molecule has 9 heteroatoms. The Morgan fingerprint density at radius 1 is 1.22 bits per heavy atom. The second-order valence-corrected chi connectivity index (χ2v) is 5.59. The van der Waals surface area contributed by atoms with Gasteiger partial charge >= 0.3 is 0 Å². The molecule has 0 aliphatic carbocycles. The zero-order valence-corrected chi connectivity index (χ0v) is 15.3. The smallest absolute Gasteiger partial charge is 0.259 e. The van der Waals surface area contributed by atoms with Crippen molar-refractivity contribution in [3.63, 3.8) is 0 Å². The number of carbonyl (C=O) groups is 2. The molecule has 142 valence electrons. The molecule has 0 unspecified atom stereocenters. The summed E-state index contributed by atoms with van der Waals surface area (Å²) in [5, 5.41) is 6.03. The number of hydrogen-bond donors (Lipinski definition) is 2. The highest BCUT2D eigenvalue weighted by atomic mass is 35.5. The van der Waals surface area contributed by atoms with Gasteiger partial charge in [0.05, 0.1) is 37.6 Å². The number of methoxy groups -OCH3 is 2. The second kappa shape index (κ2) is 9.54. The molecule has 0 atom stereocenters. The fraction of sp³-hybridized carbons (Fsp3) is 0.167. The zero-order chi connectivity index (χ0) is 19.8. The van der Waals surface area contributed by atoms with Gasteiger partial charge in [-0.1, -0.05) is 17.7 Å². The minimum Gasteiger partial charge on any atom is -0.497 e. The maximum atomic E-state index is 13.7. The van der Waals surface area contributed by atoms with Gasteiger partial charge in [-0.15, -0.1) is 0 Å². The molecule has 7 nitrogen and oxygen atoms in total. The number of carbonyl (C=O) groups excluding carboxylic acids is 2. The summed E-state index contributed by atoms with van der Waals surface area (Å²) in [5.74, 6) is -1.04. The van der Waals surface area contributed by atoms with Crippen LogP contribution in [0.15, 0.2) is 41.5 Å². The molecule has 0 radical (unpaired) electrons. The van der Waals surface area contributed by atoms with Crippen molar-refractivity contribution in [1.29, 1.82) is 0 Å². The summed E-state index contributed by atoms with van der Waals surface area (Å²) in [7, 11) is 3.02. The maximum absolute atomic E-state index is 13.7. The molecule has 2 rings (SSSR count). The predicted molar refractivity (Wildman–Crippen MR) is 99.0 cm³/mol. The Kier molecular flexibility index (Phi) is 7.13. The van der Waals surface area contributed by atoms with Gasteiger partial charge in [0.15, 0.2) is 0 Å². The summed E-state index contributed by atoms with van der Waals surface area (Å²) in [6, 6.07) is 8.95. The molecule has 0 saturated heterocycles. The van der Waals surface area contributed by atoms with E-state index in [0.29, 0.717) is 17.1 Å². The quantitative estimate of drug-likeness (QED) is 0.558. The van der Waals surface area contributed by atoms with Gasteiger partial charge in [-0.3, -0.25) is 9.59 Å². The highest BCUT2D eigenvalue weighted by Crippen LogP contribution is 2.22. The van der Waals surface area contributed by atoms with Crippen LogP contribution < -0.4 is 20.2 Å². The third kappa shape index (κ3) is 5.42. The van der Waals surface area contributed by atoms with E-state index in [-0.39, 0.29) is 10.6 Å². The number of hydrogen-bond acceptors (Lipinski definition) is 5. The van der Waals surface area contributed by atoms with Crippen molar-refractivity contribution in [2.24, 2.45) is 5.10 Å². The molecular formula is C18H17ClFN3O4. The van der Waals surface area contributed by atoms with Crippen LogP contribution in [0.1, 0.15) is 15.9 Å². The van der Waals surface area contributed by atoms with Crippen LogP contribution in [0.2, 0.25) is 5.02 Å². The molecule has 2 aromatic carbocycles. The van der Waals surface area contributed by atoms with Crippen LogP contribution in [0.3, 0.4) is 0 Å². The molecule has 0 bridgehead atoms. The van der Waals surface area contributed by atoms with Crippen molar-refractivity contribution in [2.75, 3.05) is 20.8 Å². The number of halogens is 2. The third-order valence-corrected chi connectivity index (χ3v) is 3.74. The van der Waals surface area contributed by atoms with Crippen molar-refractivity contribution in [1.82, 2.24) is 10.7 Å². The van der Waals surface area contributed by atoms with Crippen LogP contribution in [-0.4, -0.2) is 38.8 Å². The van der Waals surface area contributed by atoms with Gasteiger partial charge in [0, 0.05) is 5.56 Å². The van der Waals surface area contributed by atoms with E-state index in [1.54, 1.807) is 18.2 Å². The summed E-state index contributed by atoms with van der Waals surface area (Å²) in [5.41, 5.74) is 2.51. The summed E-state index contributed by atoms with van der Waals surface area (Å²) < 4.78 is 24.0. The van der Waals surface area contributed by atoms with Crippen molar-refractivity contribution in [3.8, 4) is 11.5 Å².